The summed E-state index contributed by atoms with van der Waals surface area (Å²) in [6.07, 6.45) is 23.6. The molecule has 31 heavy (non-hydrogen) atoms. The third-order valence-corrected chi connectivity index (χ3v) is 7.28. The maximum absolute atomic E-state index is 11.5. The number of carboxylic acid groups (broad SMARTS) is 1. The molecule has 0 spiro atoms. The quantitative estimate of drug-likeness (QED) is 0.117. The lowest BCUT2D eigenvalue weighted by Gasteiger charge is -2.12. The fourth-order valence-corrected chi connectivity index (χ4v) is 4.99. The maximum atomic E-state index is 11.5. The Morgan fingerprint density at radius 1 is 0.710 bits per heavy atom. The minimum Gasteiger partial charge on any atom is -0.480 e. The smallest absolute Gasteiger partial charge is 0.316 e. The third kappa shape index (κ3) is 22.3. The monoisotopic (exact) mass is 458 g/mol. The van der Waals surface area contributed by atoms with Crippen molar-refractivity contribution in [1.29, 1.82) is 0 Å². The average molecular weight is 459 g/mol. The number of methoxy groups -OCH3 is 1. The van der Waals surface area contributed by atoms with Crippen LogP contribution in [0.25, 0.3) is 0 Å². The fraction of sp³-hybridized carbons (Fsp3) is 0.923. The van der Waals surface area contributed by atoms with Crippen LogP contribution in [-0.2, 0) is 14.3 Å². The fourth-order valence-electron chi connectivity index (χ4n) is 3.85. The van der Waals surface area contributed by atoms with Crippen LogP contribution in [0.2, 0.25) is 0 Å². The molecule has 0 radical (unpaired) electrons. The van der Waals surface area contributed by atoms with E-state index in [2.05, 4.69) is 11.7 Å². The molecular weight excluding hydrogens is 408 g/mol. The van der Waals surface area contributed by atoms with Gasteiger partial charge in [0, 0.05) is 6.42 Å². The zero-order chi connectivity index (χ0) is 23.0. The predicted octanol–water partition coefficient (Wildman–Crippen LogP) is 8.17. The molecule has 1 atom stereocenters. The van der Waals surface area contributed by atoms with E-state index in [-0.39, 0.29) is 11.2 Å². The summed E-state index contributed by atoms with van der Waals surface area (Å²) in [5.41, 5.74) is 0. The Labute approximate surface area is 196 Å². The van der Waals surface area contributed by atoms with Crippen molar-refractivity contribution in [2.75, 3.05) is 12.9 Å². The van der Waals surface area contributed by atoms with Crippen LogP contribution in [0.5, 0.6) is 0 Å². The summed E-state index contributed by atoms with van der Waals surface area (Å²) < 4.78 is 4.64. The van der Waals surface area contributed by atoms with Crippen molar-refractivity contribution in [3.63, 3.8) is 0 Å². The summed E-state index contributed by atoms with van der Waals surface area (Å²) in [5.74, 6) is 0.178. The van der Waals surface area contributed by atoms with Crippen LogP contribution in [-0.4, -0.2) is 35.2 Å². The molecule has 0 aliphatic rings. The molecule has 0 aliphatic heterocycles. The van der Waals surface area contributed by atoms with E-state index in [0.29, 0.717) is 6.42 Å². The van der Waals surface area contributed by atoms with E-state index < -0.39 is 5.97 Å². The van der Waals surface area contributed by atoms with Crippen molar-refractivity contribution in [1.82, 2.24) is 0 Å². The number of aliphatic carboxylic acids is 1. The number of carboxylic acids is 1. The van der Waals surface area contributed by atoms with Crippen LogP contribution in [0.3, 0.4) is 0 Å². The normalized spacial score (nSPS) is 12.1. The number of thioether (sulfide) groups is 1. The summed E-state index contributed by atoms with van der Waals surface area (Å²) in [6.45, 7) is 2.26. The molecule has 1 N–H and O–H groups in total. The minimum absolute atomic E-state index is 0.121. The molecule has 0 saturated heterocycles. The summed E-state index contributed by atoms with van der Waals surface area (Å²) in [7, 11) is 1.43. The molecule has 0 heterocycles. The van der Waals surface area contributed by atoms with E-state index in [4.69, 9.17) is 0 Å². The summed E-state index contributed by atoms with van der Waals surface area (Å²) in [6, 6.07) is 0. The molecule has 5 heteroatoms. The Hall–Kier alpha value is -0.710. The van der Waals surface area contributed by atoms with E-state index in [0.717, 1.165) is 57.1 Å². The number of carbonyl (C=O) groups is 2. The zero-order valence-electron chi connectivity index (χ0n) is 20.5. The largest absolute Gasteiger partial charge is 0.480 e. The van der Waals surface area contributed by atoms with E-state index >= 15 is 0 Å². The Balaban J connectivity index is 3.47. The van der Waals surface area contributed by atoms with Crippen molar-refractivity contribution >= 4 is 23.7 Å². The van der Waals surface area contributed by atoms with Crippen molar-refractivity contribution in [2.24, 2.45) is 0 Å². The van der Waals surface area contributed by atoms with Gasteiger partial charge in [-0.1, -0.05) is 110 Å². The second-order valence-corrected chi connectivity index (χ2v) is 10.1. The van der Waals surface area contributed by atoms with Gasteiger partial charge in [0.05, 0.1) is 7.11 Å². The van der Waals surface area contributed by atoms with Crippen molar-refractivity contribution < 1.29 is 19.4 Å². The molecule has 0 aromatic carbocycles. The Kier molecular flexibility index (Phi) is 23.4. The minimum atomic E-state index is -0.643. The number of esters is 1. The van der Waals surface area contributed by atoms with Gasteiger partial charge < -0.3 is 9.84 Å². The Morgan fingerprint density at radius 2 is 1.16 bits per heavy atom. The van der Waals surface area contributed by atoms with E-state index in [1.165, 1.54) is 77.7 Å². The molecule has 4 nitrogen and oxygen atoms in total. The first-order valence-corrected chi connectivity index (χ1v) is 14.1. The number of ether oxygens (including phenoxy) is 1. The Morgan fingerprint density at radius 3 is 1.65 bits per heavy atom. The van der Waals surface area contributed by atoms with Crippen LogP contribution in [0.4, 0.5) is 0 Å². The zero-order valence-corrected chi connectivity index (χ0v) is 21.3. The van der Waals surface area contributed by atoms with Crippen LogP contribution in [0, 0.1) is 0 Å². The standard InChI is InChI=1S/C26H50O4S/c1-3-4-5-6-7-8-9-10-11-12-15-18-21-24(26(28)29)31-23-20-17-14-13-16-19-22-25(27)30-2/h24H,3-23H2,1-2H3,(H,28,29). The van der Waals surface area contributed by atoms with Gasteiger partial charge >= 0.3 is 11.9 Å². The Bertz CT molecular complexity index is 414. The molecule has 0 bridgehead atoms. The van der Waals surface area contributed by atoms with Gasteiger partial charge in [-0.15, -0.1) is 11.8 Å². The lowest BCUT2D eigenvalue weighted by molar-refractivity contribution is -0.140. The highest BCUT2D eigenvalue weighted by atomic mass is 32.2. The summed E-state index contributed by atoms with van der Waals surface area (Å²) in [5, 5.41) is 9.22. The first kappa shape index (κ1) is 30.3. The number of hydrogen-bond acceptors (Lipinski definition) is 4. The molecule has 0 rings (SSSR count). The van der Waals surface area contributed by atoms with Crippen molar-refractivity contribution in [3.05, 3.63) is 0 Å². The van der Waals surface area contributed by atoms with E-state index in [9.17, 15) is 14.7 Å². The molecular formula is C26H50O4S. The predicted molar refractivity (Wildman–Crippen MR) is 134 cm³/mol. The molecule has 0 saturated carbocycles. The van der Waals surface area contributed by atoms with Crippen LogP contribution < -0.4 is 0 Å². The lowest BCUT2D eigenvalue weighted by Crippen LogP contribution is -2.16. The van der Waals surface area contributed by atoms with Crippen LogP contribution >= 0.6 is 11.8 Å². The second kappa shape index (κ2) is 23.9. The van der Waals surface area contributed by atoms with Gasteiger partial charge in [-0.3, -0.25) is 9.59 Å². The van der Waals surface area contributed by atoms with Gasteiger partial charge in [0.1, 0.15) is 5.25 Å². The highest BCUT2D eigenvalue weighted by Gasteiger charge is 2.16. The molecule has 1 unspecified atom stereocenters. The van der Waals surface area contributed by atoms with Gasteiger partial charge in [-0.05, 0) is 25.0 Å². The topological polar surface area (TPSA) is 63.6 Å². The number of carbonyl (C=O) groups excluding carboxylic acids is 1. The maximum Gasteiger partial charge on any atom is 0.316 e. The molecule has 0 aliphatic carbocycles. The molecule has 0 aromatic rings. The molecule has 0 fully saturated rings. The first-order valence-electron chi connectivity index (χ1n) is 13.0. The van der Waals surface area contributed by atoms with Crippen molar-refractivity contribution in [2.45, 2.75) is 141 Å². The number of unbranched alkanes of at least 4 members (excludes halogenated alkanes) is 16. The SMILES string of the molecule is CCCCCCCCCCCCCCC(SCCCCCCCCC(=O)OC)C(=O)O. The number of rotatable bonds is 24. The highest BCUT2D eigenvalue weighted by Crippen LogP contribution is 2.21. The molecule has 0 amide bonds. The third-order valence-electron chi connectivity index (χ3n) is 5.92. The van der Waals surface area contributed by atoms with Gasteiger partial charge in [0.25, 0.3) is 0 Å². The summed E-state index contributed by atoms with van der Waals surface area (Å²) >= 11 is 1.63. The van der Waals surface area contributed by atoms with Crippen LogP contribution in [0.1, 0.15) is 135 Å². The van der Waals surface area contributed by atoms with Gasteiger partial charge in [0.2, 0.25) is 0 Å². The second-order valence-electron chi connectivity index (χ2n) is 8.82. The molecule has 184 valence electrons. The lowest BCUT2D eigenvalue weighted by atomic mass is 10.0. The highest BCUT2D eigenvalue weighted by molar-refractivity contribution is 8.00. The average Bonchev–Trinajstić information content (AvgIpc) is 2.76. The van der Waals surface area contributed by atoms with Gasteiger partial charge in [0.15, 0.2) is 0 Å². The number of hydrogen-bond donors (Lipinski definition) is 1. The molecule has 0 aromatic heterocycles. The first-order chi connectivity index (χ1) is 15.1. The van der Waals surface area contributed by atoms with E-state index in [1.54, 1.807) is 11.8 Å². The van der Waals surface area contributed by atoms with Crippen LogP contribution in [0.15, 0.2) is 0 Å². The van der Waals surface area contributed by atoms with Crippen molar-refractivity contribution in [3.8, 4) is 0 Å². The van der Waals surface area contributed by atoms with Gasteiger partial charge in [-0.2, -0.15) is 0 Å². The summed E-state index contributed by atoms with van der Waals surface area (Å²) in [4.78, 5) is 22.5. The van der Waals surface area contributed by atoms with E-state index in [1.807, 2.05) is 0 Å². The van der Waals surface area contributed by atoms with Gasteiger partial charge in [-0.25, -0.2) is 0 Å².